The number of aromatic nitrogens is 1. The average molecular weight is 266 g/mol. The Morgan fingerprint density at radius 1 is 1.10 bits per heavy atom. The summed E-state index contributed by atoms with van der Waals surface area (Å²) in [7, 11) is 0. The fourth-order valence-electron chi connectivity index (χ4n) is 1.79. The van der Waals surface area contributed by atoms with Gasteiger partial charge in [0.05, 0.1) is 0 Å². The van der Waals surface area contributed by atoms with Gasteiger partial charge in [0, 0.05) is 23.5 Å². The predicted molar refractivity (Wildman–Crippen MR) is 78.8 cm³/mol. The van der Waals surface area contributed by atoms with Crippen LogP contribution in [0.15, 0.2) is 48.8 Å². The standard InChI is InChI=1S/C15H14N4O/c16-14(17)12-3-1-2-10(8-12)9-13(15(18)20)11-4-6-19-7-5-11/h1-9H,(H3,16,17)(H2,18,20). The molecule has 0 spiro atoms. The second kappa shape index (κ2) is 5.79. The smallest absolute Gasteiger partial charge is 0.249 e. The lowest BCUT2D eigenvalue weighted by Gasteiger charge is -2.05. The summed E-state index contributed by atoms with van der Waals surface area (Å²) in [5.41, 5.74) is 13.3. The van der Waals surface area contributed by atoms with Crippen LogP contribution in [0, 0.1) is 5.41 Å². The van der Waals surface area contributed by atoms with E-state index >= 15 is 0 Å². The van der Waals surface area contributed by atoms with Crippen molar-refractivity contribution in [1.82, 2.24) is 4.98 Å². The van der Waals surface area contributed by atoms with E-state index in [0.29, 0.717) is 16.7 Å². The van der Waals surface area contributed by atoms with Gasteiger partial charge in [0.1, 0.15) is 5.84 Å². The van der Waals surface area contributed by atoms with Crippen molar-refractivity contribution in [3.8, 4) is 0 Å². The third-order valence-electron chi connectivity index (χ3n) is 2.77. The predicted octanol–water partition coefficient (Wildman–Crippen LogP) is 1.39. The number of nitrogens with one attached hydrogen (secondary N) is 1. The Balaban J connectivity index is 2.47. The van der Waals surface area contributed by atoms with E-state index in [1.807, 2.05) is 6.07 Å². The number of primary amides is 1. The van der Waals surface area contributed by atoms with Crippen LogP contribution in [0.2, 0.25) is 0 Å². The first-order valence-corrected chi connectivity index (χ1v) is 5.94. The molecule has 0 fully saturated rings. The van der Waals surface area contributed by atoms with Crippen molar-refractivity contribution in [3.63, 3.8) is 0 Å². The first-order chi connectivity index (χ1) is 9.58. The van der Waals surface area contributed by atoms with Gasteiger partial charge in [-0.25, -0.2) is 0 Å². The van der Waals surface area contributed by atoms with Crippen LogP contribution in [0.4, 0.5) is 0 Å². The molecule has 1 aromatic heterocycles. The summed E-state index contributed by atoms with van der Waals surface area (Å²) in [4.78, 5) is 15.5. The van der Waals surface area contributed by atoms with Gasteiger partial charge >= 0.3 is 0 Å². The van der Waals surface area contributed by atoms with E-state index in [1.54, 1.807) is 48.8 Å². The highest BCUT2D eigenvalue weighted by Crippen LogP contribution is 2.18. The first kappa shape index (κ1) is 13.5. The molecular formula is C15H14N4O. The van der Waals surface area contributed by atoms with Gasteiger partial charge in [0.25, 0.3) is 0 Å². The van der Waals surface area contributed by atoms with Crippen LogP contribution in [-0.2, 0) is 4.79 Å². The Hall–Kier alpha value is -2.95. The number of amides is 1. The van der Waals surface area contributed by atoms with E-state index in [9.17, 15) is 4.79 Å². The number of rotatable bonds is 4. The quantitative estimate of drug-likeness (QED) is 0.442. The van der Waals surface area contributed by atoms with Gasteiger partial charge in [0.15, 0.2) is 0 Å². The molecule has 5 nitrogen and oxygen atoms in total. The average Bonchev–Trinajstić information content (AvgIpc) is 2.45. The summed E-state index contributed by atoms with van der Waals surface area (Å²) < 4.78 is 0. The zero-order valence-corrected chi connectivity index (χ0v) is 10.7. The molecule has 2 rings (SSSR count). The van der Waals surface area contributed by atoms with Gasteiger partial charge in [0.2, 0.25) is 5.91 Å². The lowest BCUT2D eigenvalue weighted by molar-refractivity contribution is -0.112. The number of carbonyl (C=O) groups is 1. The van der Waals surface area contributed by atoms with Gasteiger partial charge in [-0.15, -0.1) is 0 Å². The monoisotopic (exact) mass is 266 g/mol. The number of hydrogen-bond donors (Lipinski definition) is 3. The summed E-state index contributed by atoms with van der Waals surface area (Å²) in [6.45, 7) is 0. The van der Waals surface area contributed by atoms with Crippen LogP contribution in [0.3, 0.4) is 0 Å². The van der Waals surface area contributed by atoms with Gasteiger partial charge in [-0.05, 0) is 35.4 Å². The number of hydrogen-bond acceptors (Lipinski definition) is 3. The fraction of sp³-hybridized carbons (Fsp3) is 0. The molecule has 0 atom stereocenters. The van der Waals surface area contributed by atoms with Crippen LogP contribution in [0.5, 0.6) is 0 Å². The highest BCUT2D eigenvalue weighted by molar-refractivity contribution is 6.23. The maximum atomic E-state index is 11.6. The Morgan fingerprint density at radius 2 is 1.80 bits per heavy atom. The van der Waals surface area contributed by atoms with Crippen molar-refractivity contribution in [2.24, 2.45) is 11.5 Å². The van der Waals surface area contributed by atoms with E-state index < -0.39 is 5.91 Å². The summed E-state index contributed by atoms with van der Waals surface area (Å²) in [5, 5.41) is 7.42. The number of nitrogens with two attached hydrogens (primary N) is 2. The number of benzene rings is 1. The molecule has 5 N–H and O–H groups in total. The molecule has 0 bridgehead atoms. The van der Waals surface area contributed by atoms with Crippen molar-refractivity contribution in [2.45, 2.75) is 0 Å². The number of amidine groups is 1. The third-order valence-corrected chi connectivity index (χ3v) is 2.77. The highest BCUT2D eigenvalue weighted by Gasteiger charge is 2.08. The molecule has 0 saturated heterocycles. The van der Waals surface area contributed by atoms with E-state index in [2.05, 4.69) is 4.98 Å². The minimum absolute atomic E-state index is 0.0233. The van der Waals surface area contributed by atoms with Crippen LogP contribution in [0.25, 0.3) is 11.6 Å². The van der Waals surface area contributed by atoms with Gasteiger partial charge in [-0.1, -0.05) is 18.2 Å². The maximum absolute atomic E-state index is 11.6. The van der Waals surface area contributed by atoms with Crippen molar-refractivity contribution in [1.29, 1.82) is 5.41 Å². The maximum Gasteiger partial charge on any atom is 0.249 e. The van der Waals surface area contributed by atoms with Crippen LogP contribution in [-0.4, -0.2) is 16.7 Å². The minimum atomic E-state index is -0.524. The summed E-state index contributed by atoms with van der Waals surface area (Å²) >= 11 is 0. The Kier molecular flexibility index (Phi) is 3.91. The second-order valence-corrected chi connectivity index (χ2v) is 4.20. The van der Waals surface area contributed by atoms with E-state index in [4.69, 9.17) is 16.9 Å². The molecule has 0 aliphatic rings. The summed E-state index contributed by atoms with van der Waals surface area (Å²) in [5.74, 6) is -0.547. The number of carbonyl (C=O) groups excluding carboxylic acids is 1. The second-order valence-electron chi connectivity index (χ2n) is 4.20. The normalized spacial score (nSPS) is 11.1. The molecule has 1 amide bonds. The van der Waals surface area contributed by atoms with Gasteiger partial charge in [-0.3, -0.25) is 15.2 Å². The molecule has 1 aromatic carbocycles. The molecule has 100 valence electrons. The Labute approximate surface area is 116 Å². The van der Waals surface area contributed by atoms with Crippen molar-refractivity contribution in [2.75, 3.05) is 0 Å². The van der Waals surface area contributed by atoms with Crippen LogP contribution >= 0.6 is 0 Å². The molecule has 0 aliphatic heterocycles. The first-order valence-electron chi connectivity index (χ1n) is 5.94. The van der Waals surface area contributed by atoms with Crippen LogP contribution < -0.4 is 11.5 Å². The molecule has 2 aromatic rings. The van der Waals surface area contributed by atoms with E-state index in [1.165, 1.54) is 0 Å². The minimum Gasteiger partial charge on any atom is -0.384 e. The van der Waals surface area contributed by atoms with Crippen molar-refractivity contribution < 1.29 is 4.79 Å². The SMILES string of the molecule is N=C(N)c1cccc(C=C(C(N)=O)c2ccncc2)c1. The molecular weight excluding hydrogens is 252 g/mol. The van der Waals surface area contributed by atoms with Gasteiger partial charge < -0.3 is 11.5 Å². The zero-order chi connectivity index (χ0) is 14.5. The van der Waals surface area contributed by atoms with Crippen LogP contribution in [0.1, 0.15) is 16.7 Å². The highest BCUT2D eigenvalue weighted by atomic mass is 16.1. The molecule has 1 heterocycles. The Morgan fingerprint density at radius 3 is 2.40 bits per heavy atom. The lowest BCUT2D eigenvalue weighted by atomic mass is 10.0. The van der Waals surface area contributed by atoms with Crippen molar-refractivity contribution in [3.05, 3.63) is 65.5 Å². The summed E-state index contributed by atoms with van der Waals surface area (Å²) in [6, 6.07) is 10.5. The van der Waals surface area contributed by atoms with E-state index in [-0.39, 0.29) is 5.84 Å². The third kappa shape index (κ3) is 3.08. The molecule has 0 aliphatic carbocycles. The summed E-state index contributed by atoms with van der Waals surface area (Å²) in [6.07, 6.45) is 4.86. The number of nitrogen functional groups attached to an aromatic ring is 1. The molecule has 20 heavy (non-hydrogen) atoms. The largest absolute Gasteiger partial charge is 0.384 e. The number of nitrogens with zero attached hydrogens (tertiary/aromatic N) is 1. The molecule has 0 saturated carbocycles. The lowest BCUT2D eigenvalue weighted by Crippen LogP contribution is -2.13. The number of pyridine rings is 1. The Bertz CT molecular complexity index is 677. The van der Waals surface area contributed by atoms with E-state index in [0.717, 1.165) is 5.56 Å². The van der Waals surface area contributed by atoms with Gasteiger partial charge in [-0.2, -0.15) is 0 Å². The molecule has 5 heteroatoms. The molecule has 0 unspecified atom stereocenters. The topological polar surface area (TPSA) is 106 Å². The van der Waals surface area contributed by atoms with Crippen molar-refractivity contribution >= 4 is 23.4 Å². The molecule has 0 radical (unpaired) electrons. The zero-order valence-electron chi connectivity index (χ0n) is 10.7. The fourth-order valence-corrected chi connectivity index (χ4v) is 1.79.